The van der Waals surface area contributed by atoms with Gasteiger partial charge in [-0.2, -0.15) is 0 Å². The second kappa shape index (κ2) is 9.90. The van der Waals surface area contributed by atoms with Crippen molar-refractivity contribution in [3.63, 3.8) is 0 Å². The average molecular weight is 294 g/mol. The Balaban J connectivity index is 2.45. The van der Waals surface area contributed by atoms with Gasteiger partial charge in [0.2, 0.25) is 5.91 Å². The van der Waals surface area contributed by atoms with Crippen LogP contribution in [0.25, 0.3) is 0 Å². The van der Waals surface area contributed by atoms with Crippen LogP contribution in [0.2, 0.25) is 0 Å². The standard InChI is InChI=1S/C15H22N2O4/c1-21-11-5-9-17(10-8-15(19)20)12-14(18)16-13-6-3-2-4-7-13/h2-4,6-7H,5,8-12H2,1H3,(H,16,18)(H,19,20). The molecule has 116 valence electrons. The van der Waals surface area contributed by atoms with E-state index >= 15 is 0 Å². The molecule has 0 aromatic heterocycles. The Labute approximate surface area is 124 Å². The molecule has 0 heterocycles. The number of nitrogens with one attached hydrogen (secondary N) is 1. The second-order valence-electron chi connectivity index (χ2n) is 4.68. The van der Waals surface area contributed by atoms with Crippen molar-refractivity contribution in [1.82, 2.24) is 4.90 Å². The van der Waals surface area contributed by atoms with E-state index in [9.17, 15) is 9.59 Å². The molecule has 1 aromatic rings. The number of anilines is 1. The molecule has 1 aromatic carbocycles. The molecule has 0 saturated carbocycles. The maximum absolute atomic E-state index is 12.0. The minimum atomic E-state index is -0.866. The fraction of sp³-hybridized carbons (Fsp3) is 0.467. The van der Waals surface area contributed by atoms with Crippen LogP contribution < -0.4 is 5.32 Å². The Kier molecular flexibility index (Phi) is 8.08. The van der Waals surface area contributed by atoms with Gasteiger partial charge in [-0.25, -0.2) is 0 Å². The number of ether oxygens (including phenoxy) is 1. The lowest BCUT2D eigenvalue weighted by Gasteiger charge is -2.20. The van der Waals surface area contributed by atoms with Crippen molar-refractivity contribution >= 4 is 17.6 Å². The Morgan fingerprint density at radius 2 is 1.95 bits per heavy atom. The zero-order chi connectivity index (χ0) is 15.5. The third kappa shape index (κ3) is 8.06. The summed E-state index contributed by atoms with van der Waals surface area (Å²) in [6.07, 6.45) is 0.778. The lowest BCUT2D eigenvalue weighted by molar-refractivity contribution is -0.137. The highest BCUT2D eigenvalue weighted by molar-refractivity contribution is 5.92. The number of methoxy groups -OCH3 is 1. The molecule has 21 heavy (non-hydrogen) atoms. The summed E-state index contributed by atoms with van der Waals surface area (Å²) in [7, 11) is 1.61. The van der Waals surface area contributed by atoms with Gasteiger partial charge in [-0.1, -0.05) is 18.2 Å². The summed E-state index contributed by atoms with van der Waals surface area (Å²) >= 11 is 0. The Bertz CT molecular complexity index is 437. The van der Waals surface area contributed by atoms with E-state index in [-0.39, 0.29) is 18.9 Å². The van der Waals surface area contributed by atoms with Crippen LogP contribution in [-0.2, 0) is 14.3 Å². The van der Waals surface area contributed by atoms with Gasteiger partial charge in [-0.05, 0) is 18.6 Å². The first-order chi connectivity index (χ1) is 10.1. The second-order valence-corrected chi connectivity index (χ2v) is 4.68. The summed E-state index contributed by atoms with van der Waals surface area (Å²) < 4.78 is 4.97. The van der Waals surface area contributed by atoms with Gasteiger partial charge in [0, 0.05) is 32.5 Å². The van der Waals surface area contributed by atoms with E-state index in [0.29, 0.717) is 19.7 Å². The molecule has 0 aliphatic carbocycles. The first-order valence-corrected chi connectivity index (χ1v) is 6.90. The lowest BCUT2D eigenvalue weighted by atomic mass is 10.3. The zero-order valence-corrected chi connectivity index (χ0v) is 12.2. The predicted molar refractivity (Wildman–Crippen MR) is 80.3 cm³/mol. The maximum Gasteiger partial charge on any atom is 0.304 e. The largest absolute Gasteiger partial charge is 0.481 e. The van der Waals surface area contributed by atoms with E-state index in [1.54, 1.807) is 7.11 Å². The van der Waals surface area contributed by atoms with Gasteiger partial charge in [0.1, 0.15) is 0 Å². The van der Waals surface area contributed by atoms with Gasteiger partial charge >= 0.3 is 5.97 Å². The third-order valence-corrected chi connectivity index (χ3v) is 2.89. The summed E-state index contributed by atoms with van der Waals surface area (Å²) in [5.41, 5.74) is 0.734. The van der Waals surface area contributed by atoms with Gasteiger partial charge in [-0.15, -0.1) is 0 Å². The smallest absolute Gasteiger partial charge is 0.304 e. The van der Waals surface area contributed by atoms with Crippen LogP contribution in [0.3, 0.4) is 0 Å². The fourth-order valence-electron chi connectivity index (χ4n) is 1.88. The van der Waals surface area contributed by atoms with Crippen molar-refractivity contribution in [2.75, 3.05) is 38.7 Å². The van der Waals surface area contributed by atoms with Gasteiger partial charge in [0.05, 0.1) is 13.0 Å². The molecule has 0 aliphatic rings. The molecule has 2 N–H and O–H groups in total. The van der Waals surface area contributed by atoms with Gasteiger partial charge in [0.15, 0.2) is 0 Å². The first kappa shape index (κ1) is 17.1. The molecular weight excluding hydrogens is 272 g/mol. The van der Waals surface area contributed by atoms with Crippen molar-refractivity contribution in [2.45, 2.75) is 12.8 Å². The molecule has 6 heteroatoms. The average Bonchev–Trinajstić information content (AvgIpc) is 2.45. The number of carbonyl (C=O) groups is 2. The Hall–Kier alpha value is -1.92. The Morgan fingerprint density at radius 3 is 2.57 bits per heavy atom. The number of nitrogens with zero attached hydrogens (tertiary/aromatic N) is 1. The zero-order valence-electron chi connectivity index (χ0n) is 12.2. The van der Waals surface area contributed by atoms with Gasteiger partial charge in [-0.3, -0.25) is 14.5 Å². The van der Waals surface area contributed by atoms with Crippen LogP contribution in [0.1, 0.15) is 12.8 Å². The molecule has 0 atom stereocenters. The van der Waals surface area contributed by atoms with E-state index in [1.807, 2.05) is 35.2 Å². The van der Waals surface area contributed by atoms with E-state index < -0.39 is 5.97 Å². The minimum Gasteiger partial charge on any atom is -0.481 e. The normalized spacial score (nSPS) is 10.6. The van der Waals surface area contributed by atoms with Crippen LogP contribution in [0.4, 0.5) is 5.69 Å². The van der Waals surface area contributed by atoms with Gasteiger partial charge < -0.3 is 15.2 Å². The number of para-hydroxylation sites is 1. The monoisotopic (exact) mass is 294 g/mol. The molecule has 6 nitrogen and oxygen atoms in total. The van der Waals surface area contributed by atoms with Crippen LogP contribution in [0.5, 0.6) is 0 Å². The molecule has 0 fully saturated rings. The summed E-state index contributed by atoms with van der Waals surface area (Å²) in [5.74, 6) is -1.01. The maximum atomic E-state index is 12.0. The van der Waals surface area contributed by atoms with Crippen LogP contribution in [0.15, 0.2) is 30.3 Å². The minimum absolute atomic E-state index is 0.0194. The number of aliphatic carboxylic acids is 1. The summed E-state index contributed by atoms with van der Waals surface area (Å²) in [5, 5.41) is 11.5. The number of hydrogen-bond donors (Lipinski definition) is 2. The van der Waals surface area contributed by atoms with E-state index in [0.717, 1.165) is 12.1 Å². The molecule has 1 rings (SSSR count). The SMILES string of the molecule is COCCCN(CCC(=O)O)CC(=O)Nc1ccccc1. The van der Waals surface area contributed by atoms with Crippen molar-refractivity contribution in [3.05, 3.63) is 30.3 Å². The highest BCUT2D eigenvalue weighted by atomic mass is 16.5. The third-order valence-electron chi connectivity index (χ3n) is 2.89. The van der Waals surface area contributed by atoms with Crippen molar-refractivity contribution in [3.8, 4) is 0 Å². The molecule has 0 spiro atoms. The van der Waals surface area contributed by atoms with Crippen LogP contribution >= 0.6 is 0 Å². The first-order valence-electron chi connectivity index (χ1n) is 6.90. The number of benzene rings is 1. The molecular formula is C15H22N2O4. The molecule has 0 bridgehead atoms. The fourth-order valence-corrected chi connectivity index (χ4v) is 1.88. The van der Waals surface area contributed by atoms with E-state index in [2.05, 4.69) is 5.32 Å². The Morgan fingerprint density at radius 1 is 1.24 bits per heavy atom. The number of carboxylic acids is 1. The van der Waals surface area contributed by atoms with Crippen molar-refractivity contribution < 1.29 is 19.4 Å². The van der Waals surface area contributed by atoms with E-state index in [4.69, 9.17) is 9.84 Å². The number of carboxylic acid groups (broad SMARTS) is 1. The number of rotatable bonds is 10. The summed E-state index contributed by atoms with van der Waals surface area (Å²) in [6.45, 7) is 1.74. The van der Waals surface area contributed by atoms with Crippen molar-refractivity contribution in [1.29, 1.82) is 0 Å². The number of carbonyl (C=O) groups excluding carboxylic acids is 1. The predicted octanol–water partition coefficient (Wildman–Crippen LogP) is 1.44. The van der Waals surface area contributed by atoms with Crippen LogP contribution in [0, 0.1) is 0 Å². The molecule has 0 saturated heterocycles. The molecule has 0 radical (unpaired) electrons. The summed E-state index contributed by atoms with van der Waals surface area (Å²) in [4.78, 5) is 24.5. The quantitative estimate of drug-likeness (QED) is 0.638. The van der Waals surface area contributed by atoms with Gasteiger partial charge in [0.25, 0.3) is 0 Å². The summed E-state index contributed by atoms with van der Waals surface area (Å²) in [6, 6.07) is 9.18. The van der Waals surface area contributed by atoms with Crippen molar-refractivity contribution in [2.24, 2.45) is 0 Å². The van der Waals surface area contributed by atoms with Crippen LogP contribution in [-0.4, -0.2) is 55.2 Å². The molecule has 1 amide bonds. The molecule has 0 aliphatic heterocycles. The number of hydrogen-bond acceptors (Lipinski definition) is 4. The lowest BCUT2D eigenvalue weighted by Crippen LogP contribution is -2.35. The highest BCUT2D eigenvalue weighted by Gasteiger charge is 2.12. The number of amides is 1. The topological polar surface area (TPSA) is 78.9 Å². The highest BCUT2D eigenvalue weighted by Crippen LogP contribution is 2.05. The van der Waals surface area contributed by atoms with E-state index in [1.165, 1.54) is 0 Å². The molecule has 0 unspecified atom stereocenters.